The highest BCUT2D eigenvalue weighted by atomic mass is 32.2. The van der Waals surface area contributed by atoms with Gasteiger partial charge in [-0.2, -0.15) is 0 Å². The average Bonchev–Trinajstić information content (AvgIpc) is 2.46. The molecule has 0 spiro atoms. The van der Waals surface area contributed by atoms with E-state index in [0.717, 1.165) is 11.3 Å². The summed E-state index contributed by atoms with van der Waals surface area (Å²) < 4.78 is 1.57. The molecule has 1 aromatic carbocycles. The summed E-state index contributed by atoms with van der Waals surface area (Å²) in [6.07, 6.45) is 1.77. The molecule has 2 heterocycles. The van der Waals surface area contributed by atoms with Crippen molar-refractivity contribution in [1.29, 1.82) is 0 Å². The molecule has 0 fully saturated rings. The van der Waals surface area contributed by atoms with Crippen molar-refractivity contribution in [3.05, 3.63) is 76.3 Å². The molecule has 0 radical (unpaired) electrons. The highest BCUT2D eigenvalue weighted by Gasteiger charge is 2.03. The van der Waals surface area contributed by atoms with Gasteiger partial charge in [0.25, 0.3) is 5.56 Å². The fraction of sp³-hybridized carbons (Fsp3) is 0.125. The van der Waals surface area contributed by atoms with Gasteiger partial charge in [-0.25, -0.2) is 4.98 Å². The van der Waals surface area contributed by atoms with E-state index in [1.165, 1.54) is 4.90 Å². The molecule has 4 heteroatoms. The first kappa shape index (κ1) is 12.9. The number of fused-ring (bicyclic) bond motifs is 1. The SMILES string of the molecule is Cc1ccn2c(=O)cc(CSc3ccccc3)nc2c1. The summed E-state index contributed by atoms with van der Waals surface area (Å²) in [5, 5.41) is 0. The number of hydrogen-bond acceptors (Lipinski definition) is 3. The molecule has 2 aromatic heterocycles. The van der Waals surface area contributed by atoms with Crippen LogP contribution in [0.3, 0.4) is 0 Å². The van der Waals surface area contributed by atoms with Crippen molar-refractivity contribution in [1.82, 2.24) is 9.38 Å². The van der Waals surface area contributed by atoms with Gasteiger partial charge in [0.05, 0.1) is 5.69 Å². The summed E-state index contributed by atoms with van der Waals surface area (Å²) in [6, 6.07) is 15.6. The van der Waals surface area contributed by atoms with Crippen molar-refractivity contribution in [3.8, 4) is 0 Å². The molecule has 0 unspecified atom stereocenters. The van der Waals surface area contributed by atoms with Gasteiger partial charge in [0.2, 0.25) is 0 Å². The molecular weight excluding hydrogens is 268 g/mol. The number of benzene rings is 1. The highest BCUT2D eigenvalue weighted by Crippen LogP contribution is 2.21. The van der Waals surface area contributed by atoms with E-state index in [-0.39, 0.29) is 5.56 Å². The Hall–Kier alpha value is -2.07. The average molecular weight is 282 g/mol. The van der Waals surface area contributed by atoms with Crippen molar-refractivity contribution < 1.29 is 0 Å². The third kappa shape index (κ3) is 2.75. The van der Waals surface area contributed by atoms with Gasteiger partial charge >= 0.3 is 0 Å². The largest absolute Gasteiger partial charge is 0.269 e. The lowest BCUT2D eigenvalue weighted by molar-refractivity contribution is 1.01. The Bertz CT molecular complexity index is 796. The van der Waals surface area contributed by atoms with E-state index >= 15 is 0 Å². The number of hydrogen-bond donors (Lipinski definition) is 0. The van der Waals surface area contributed by atoms with Crippen LogP contribution >= 0.6 is 11.8 Å². The molecule has 0 N–H and O–H groups in total. The van der Waals surface area contributed by atoms with Gasteiger partial charge in [-0.15, -0.1) is 11.8 Å². The zero-order chi connectivity index (χ0) is 13.9. The summed E-state index contributed by atoms with van der Waals surface area (Å²) in [6.45, 7) is 2.00. The number of pyridine rings is 1. The van der Waals surface area contributed by atoms with Crippen LogP contribution in [0, 0.1) is 6.92 Å². The molecule has 0 amide bonds. The van der Waals surface area contributed by atoms with E-state index in [4.69, 9.17) is 0 Å². The number of aromatic nitrogens is 2. The van der Waals surface area contributed by atoms with Crippen LogP contribution in [0.2, 0.25) is 0 Å². The van der Waals surface area contributed by atoms with Gasteiger partial charge in [0, 0.05) is 22.9 Å². The van der Waals surface area contributed by atoms with Crippen LogP contribution in [0.1, 0.15) is 11.3 Å². The zero-order valence-electron chi connectivity index (χ0n) is 11.1. The maximum atomic E-state index is 12.0. The number of thioether (sulfide) groups is 1. The maximum Gasteiger partial charge on any atom is 0.258 e. The Labute approximate surface area is 121 Å². The van der Waals surface area contributed by atoms with Crippen molar-refractivity contribution in [2.24, 2.45) is 0 Å². The lowest BCUT2D eigenvalue weighted by Gasteiger charge is -2.05. The second kappa shape index (κ2) is 5.51. The molecule has 0 aliphatic carbocycles. The van der Waals surface area contributed by atoms with Gasteiger partial charge in [0.15, 0.2) is 0 Å². The quantitative estimate of drug-likeness (QED) is 0.691. The van der Waals surface area contributed by atoms with E-state index in [2.05, 4.69) is 17.1 Å². The minimum absolute atomic E-state index is 0.0290. The Balaban J connectivity index is 1.90. The minimum atomic E-state index is -0.0290. The minimum Gasteiger partial charge on any atom is -0.269 e. The van der Waals surface area contributed by atoms with Crippen molar-refractivity contribution in [3.63, 3.8) is 0 Å². The zero-order valence-corrected chi connectivity index (χ0v) is 11.9. The van der Waals surface area contributed by atoms with Gasteiger partial charge < -0.3 is 0 Å². The van der Waals surface area contributed by atoms with Crippen molar-refractivity contribution in [2.45, 2.75) is 17.6 Å². The summed E-state index contributed by atoms with van der Waals surface area (Å²) in [5.74, 6) is 0.698. The summed E-state index contributed by atoms with van der Waals surface area (Å²) in [7, 11) is 0. The van der Waals surface area contributed by atoms with E-state index in [9.17, 15) is 4.79 Å². The van der Waals surface area contributed by atoms with Crippen LogP contribution in [0.5, 0.6) is 0 Å². The molecule has 0 atom stereocenters. The summed E-state index contributed by atoms with van der Waals surface area (Å²) in [5.41, 5.74) is 2.60. The molecule has 0 aliphatic heterocycles. The van der Waals surface area contributed by atoms with E-state index < -0.39 is 0 Å². The van der Waals surface area contributed by atoms with Crippen LogP contribution < -0.4 is 5.56 Å². The third-order valence-electron chi connectivity index (χ3n) is 3.01. The lowest BCUT2D eigenvalue weighted by Crippen LogP contribution is -2.15. The second-order valence-electron chi connectivity index (χ2n) is 4.62. The number of nitrogens with zero attached hydrogens (tertiary/aromatic N) is 2. The topological polar surface area (TPSA) is 34.4 Å². The first-order chi connectivity index (χ1) is 9.72. The highest BCUT2D eigenvalue weighted by molar-refractivity contribution is 7.98. The molecule has 0 bridgehead atoms. The van der Waals surface area contributed by atoms with Gasteiger partial charge in [-0.05, 0) is 36.8 Å². The molecule has 0 saturated carbocycles. The normalized spacial score (nSPS) is 10.8. The Morgan fingerprint density at radius 2 is 1.95 bits per heavy atom. The Kier molecular flexibility index (Phi) is 3.56. The summed E-state index contributed by atoms with van der Waals surface area (Å²) in [4.78, 5) is 17.8. The lowest BCUT2D eigenvalue weighted by atomic mass is 10.3. The van der Waals surface area contributed by atoms with Crippen molar-refractivity contribution in [2.75, 3.05) is 0 Å². The van der Waals surface area contributed by atoms with E-state index in [1.807, 2.05) is 37.3 Å². The molecule has 20 heavy (non-hydrogen) atoms. The van der Waals surface area contributed by atoms with E-state index in [1.54, 1.807) is 28.4 Å². The molecule has 100 valence electrons. The fourth-order valence-electron chi connectivity index (χ4n) is 2.00. The Morgan fingerprint density at radius 1 is 1.15 bits per heavy atom. The molecule has 3 rings (SSSR count). The third-order valence-corrected chi connectivity index (χ3v) is 4.05. The van der Waals surface area contributed by atoms with Crippen LogP contribution in [-0.4, -0.2) is 9.38 Å². The molecule has 0 aliphatic rings. The standard InChI is InChI=1S/C16H14N2OS/c1-12-7-8-18-15(9-12)17-13(10-16(18)19)11-20-14-5-3-2-4-6-14/h2-10H,11H2,1H3. The molecule has 0 saturated heterocycles. The Morgan fingerprint density at radius 3 is 2.75 bits per heavy atom. The van der Waals surface area contributed by atoms with Crippen LogP contribution in [0.25, 0.3) is 5.65 Å². The number of aryl methyl sites for hydroxylation is 1. The first-order valence-corrected chi connectivity index (χ1v) is 7.38. The van der Waals surface area contributed by atoms with Crippen LogP contribution in [0.15, 0.2) is 64.4 Å². The van der Waals surface area contributed by atoms with E-state index in [0.29, 0.717) is 11.4 Å². The molecule has 3 nitrogen and oxygen atoms in total. The monoisotopic (exact) mass is 282 g/mol. The fourth-order valence-corrected chi connectivity index (χ4v) is 2.81. The van der Waals surface area contributed by atoms with Crippen LogP contribution in [0.4, 0.5) is 0 Å². The van der Waals surface area contributed by atoms with Gasteiger partial charge in [-0.3, -0.25) is 9.20 Å². The maximum absolute atomic E-state index is 12.0. The van der Waals surface area contributed by atoms with Crippen molar-refractivity contribution >= 4 is 17.4 Å². The molecular formula is C16H14N2OS. The predicted molar refractivity (Wildman–Crippen MR) is 82.2 cm³/mol. The van der Waals surface area contributed by atoms with Gasteiger partial charge in [-0.1, -0.05) is 18.2 Å². The molecule has 3 aromatic rings. The second-order valence-corrected chi connectivity index (χ2v) is 5.67. The van der Waals surface area contributed by atoms with Crippen LogP contribution in [-0.2, 0) is 5.75 Å². The smallest absolute Gasteiger partial charge is 0.258 e. The number of rotatable bonds is 3. The predicted octanol–water partition coefficient (Wildman–Crippen LogP) is 3.30. The summed E-state index contributed by atoms with van der Waals surface area (Å²) >= 11 is 1.68. The van der Waals surface area contributed by atoms with Gasteiger partial charge in [0.1, 0.15) is 5.65 Å². The first-order valence-electron chi connectivity index (χ1n) is 6.39.